The van der Waals surface area contributed by atoms with E-state index in [9.17, 15) is 5.11 Å². The lowest BCUT2D eigenvalue weighted by Crippen LogP contribution is -2.38. The van der Waals surface area contributed by atoms with Gasteiger partial charge in [-0.05, 0) is 26.0 Å². The molecule has 1 aliphatic heterocycles. The summed E-state index contributed by atoms with van der Waals surface area (Å²) in [6.45, 7) is 11.0. The summed E-state index contributed by atoms with van der Waals surface area (Å²) in [4.78, 5) is 11.6. The fourth-order valence-electron chi connectivity index (χ4n) is 3.97. The zero-order valence-corrected chi connectivity index (χ0v) is 18.0. The molecule has 0 amide bonds. The number of rotatable bonds is 7. The maximum absolute atomic E-state index is 10.4. The van der Waals surface area contributed by atoms with E-state index >= 15 is 0 Å². The number of hydrogen-bond donors (Lipinski definition) is 2. The highest BCUT2D eigenvalue weighted by Crippen LogP contribution is 2.32. The summed E-state index contributed by atoms with van der Waals surface area (Å²) in [6, 6.07) is 5.90. The Morgan fingerprint density at radius 3 is 2.70 bits per heavy atom. The van der Waals surface area contributed by atoms with E-state index in [4.69, 9.17) is 20.2 Å². The summed E-state index contributed by atoms with van der Waals surface area (Å²) in [5.74, 6) is 2.05. The Morgan fingerprint density at radius 1 is 1.23 bits per heavy atom. The third-order valence-electron chi connectivity index (χ3n) is 5.40. The van der Waals surface area contributed by atoms with Gasteiger partial charge in [0.25, 0.3) is 0 Å². The molecule has 1 fully saturated rings. The Hall–Kier alpha value is -2.42. The second kappa shape index (κ2) is 8.37. The lowest BCUT2D eigenvalue weighted by atomic mass is 10.1. The maximum Gasteiger partial charge on any atom is 0.152 e. The Kier molecular flexibility index (Phi) is 5.81. The highest BCUT2D eigenvalue weighted by molar-refractivity contribution is 6.06. The zero-order chi connectivity index (χ0) is 21.3. The summed E-state index contributed by atoms with van der Waals surface area (Å²) < 4.78 is 13.4. The fraction of sp³-hybridized carbons (Fsp3) is 0.545. The van der Waals surface area contributed by atoms with Gasteiger partial charge in [0.1, 0.15) is 23.7 Å². The van der Waals surface area contributed by atoms with Gasteiger partial charge < -0.3 is 24.9 Å². The average Bonchev–Trinajstić information content (AvgIpc) is 3.06. The van der Waals surface area contributed by atoms with Crippen molar-refractivity contribution in [1.29, 1.82) is 0 Å². The number of aryl methyl sites for hydroxylation is 1. The molecule has 162 valence electrons. The minimum Gasteiger partial charge on any atom is -0.492 e. The molecule has 1 saturated heterocycles. The largest absolute Gasteiger partial charge is 0.492 e. The molecule has 2 aromatic heterocycles. The quantitative estimate of drug-likeness (QED) is 0.613. The topological polar surface area (TPSA) is 98.7 Å². The highest BCUT2D eigenvalue weighted by atomic mass is 16.5. The van der Waals surface area contributed by atoms with E-state index < -0.39 is 5.60 Å². The number of fused-ring (bicyclic) bond motifs is 3. The predicted molar refractivity (Wildman–Crippen MR) is 118 cm³/mol. The minimum absolute atomic E-state index is 0.396. The van der Waals surface area contributed by atoms with E-state index in [0.29, 0.717) is 24.5 Å². The van der Waals surface area contributed by atoms with Crippen LogP contribution in [0.25, 0.3) is 21.9 Å². The number of imidazole rings is 1. The normalized spacial score (nSPS) is 15.9. The first-order valence-electron chi connectivity index (χ1n) is 10.6. The molecule has 0 bridgehead atoms. The van der Waals surface area contributed by atoms with Gasteiger partial charge in [0.2, 0.25) is 0 Å². The summed E-state index contributed by atoms with van der Waals surface area (Å²) >= 11 is 0. The second-order valence-electron chi connectivity index (χ2n) is 8.46. The van der Waals surface area contributed by atoms with Crippen molar-refractivity contribution in [2.75, 3.05) is 45.2 Å². The molecule has 1 aromatic carbocycles. The van der Waals surface area contributed by atoms with Crippen molar-refractivity contribution in [3.8, 4) is 5.75 Å². The van der Waals surface area contributed by atoms with Crippen molar-refractivity contribution >= 4 is 27.8 Å². The lowest BCUT2D eigenvalue weighted by molar-refractivity contribution is 0.0322. The monoisotopic (exact) mass is 413 g/mol. The molecule has 0 aliphatic carbocycles. The molecular formula is C22H31N5O3. The molecule has 4 rings (SSSR count). The number of nitrogen functional groups attached to an aromatic ring is 1. The molecular weight excluding hydrogens is 382 g/mol. The Morgan fingerprint density at radius 2 is 2.00 bits per heavy atom. The van der Waals surface area contributed by atoms with E-state index in [1.54, 1.807) is 13.8 Å². The van der Waals surface area contributed by atoms with Crippen LogP contribution in [-0.4, -0.2) is 69.6 Å². The summed E-state index contributed by atoms with van der Waals surface area (Å²) in [5, 5.41) is 11.4. The highest BCUT2D eigenvalue weighted by Gasteiger charge is 2.22. The van der Waals surface area contributed by atoms with Crippen LogP contribution in [0, 0.1) is 0 Å². The number of benzene rings is 1. The summed E-state index contributed by atoms with van der Waals surface area (Å²) in [6.07, 6.45) is 0.744. The summed E-state index contributed by atoms with van der Waals surface area (Å²) in [5.41, 5.74) is 7.76. The number of nitrogens with zero attached hydrogens (tertiary/aromatic N) is 4. The van der Waals surface area contributed by atoms with Gasteiger partial charge in [0.15, 0.2) is 5.82 Å². The van der Waals surface area contributed by atoms with Gasteiger partial charge in [-0.3, -0.25) is 4.90 Å². The molecule has 3 aromatic rings. The van der Waals surface area contributed by atoms with E-state index in [1.807, 2.05) is 25.1 Å². The first-order chi connectivity index (χ1) is 14.4. The SMILES string of the molecule is CCc1nc2c(N)nc3cc(OCCN4CCOCC4)ccc3c2n1CC(C)(C)O. The number of nitrogens with two attached hydrogens (primary N) is 1. The Balaban J connectivity index is 1.65. The van der Waals surface area contributed by atoms with Crippen LogP contribution in [0.3, 0.4) is 0 Å². The lowest BCUT2D eigenvalue weighted by Gasteiger charge is -2.26. The molecule has 3 heterocycles. The Labute approximate surface area is 176 Å². The number of anilines is 1. The van der Waals surface area contributed by atoms with Crippen LogP contribution in [0.1, 0.15) is 26.6 Å². The van der Waals surface area contributed by atoms with Crippen molar-refractivity contribution in [2.24, 2.45) is 0 Å². The van der Waals surface area contributed by atoms with Crippen LogP contribution in [0.4, 0.5) is 5.82 Å². The first-order valence-corrected chi connectivity index (χ1v) is 10.6. The molecule has 0 unspecified atom stereocenters. The van der Waals surface area contributed by atoms with Crippen molar-refractivity contribution in [2.45, 2.75) is 39.3 Å². The van der Waals surface area contributed by atoms with Gasteiger partial charge in [-0.25, -0.2) is 9.97 Å². The van der Waals surface area contributed by atoms with Crippen molar-refractivity contribution < 1.29 is 14.6 Å². The molecule has 0 spiro atoms. The smallest absolute Gasteiger partial charge is 0.152 e. The van der Waals surface area contributed by atoms with Crippen molar-refractivity contribution in [3.05, 3.63) is 24.0 Å². The average molecular weight is 414 g/mol. The van der Waals surface area contributed by atoms with Gasteiger partial charge >= 0.3 is 0 Å². The molecule has 0 atom stereocenters. The van der Waals surface area contributed by atoms with Gasteiger partial charge in [-0.2, -0.15) is 0 Å². The van der Waals surface area contributed by atoms with Gasteiger partial charge in [-0.15, -0.1) is 0 Å². The fourth-order valence-corrected chi connectivity index (χ4v) is 3.97. The second-order valence-corrected chi connectivity index (χ2v) is 8.46. The molecule has 8 nitrogen and oxygen atoms in total. The molecule has 8 heteroatoms. The molecule has 0 radical (unpaired) electrons. The number of aliphatic hydroxyl groups is 1. The Bertz CT molecular complexity index is 1030. The molecule has 3 N–H and O–H groups in total. The van der Waals surface area contributed by atoms with E-state index in [1.165, 1.54) is 0 Å². The number of aromatic nitrogens is 3. The van der Waals surface area contributed by atoms with E-state index in [0.717, 1.165) is 67.3 Å². The van der Waals surface area contributed by atoms with Crippen LogP contribution in [-0.2, 0) is 17.7 Å². The molecule has 1 aliphatic rings. The number of morpholine rings is 1. The predicted octanol–water partition coefficient (Wildman–Crippen LogP) is 2.21. The van der Waals surface area contributed by atoms with E-state index in [2.05, 4.69) is 14.5 Å². The minimum atomic E-state index is -0.871. The molecule has 30 heavy (non-hydrogen) atoms. The van der Waals surface area contributed by atoms with Crippen LogP contribution >= 0.6 is 0 Å². The first kappa shape index (κ1) is 20.8. The number of ether oxygens (including phenoxy) is 2. The van der Waals surface area contributed by atoms with Gasteiger partial charge in [0, 0.05) is 37.5 Å². The van der Waals surface area contributed by atoms with Crippen LogP contribution in [0.5, 0.6) is 5.75 Å². The van der Waals surface area contributed by atoms with Crippen molar-refractivity contribution in [3.63, 3.8) is 0 Å². The van der Waals surface area contributed by atoms with Crippen LogP contribution < -0.4 is 10.5 Å². The number of pyridine rings is 1. The van der Waals surface area contributed by atoms with Gasteiger partial charge in [-0.1, -0.05) is 6.92 Å². The van der Waals surface area contributed by atoms with Crippen LogP contribution in [0.15, 0.2) is 18.2 Å². The van der Waals surface area contributed by atoms with E-state index in [-0.39, 0.29) is 0 Å². The third-order valence-corrected chi connectivity index (χ3v) is 5.40. The van der Waals surface area contributed by atoms with Crippen LogP contribution in [0.2, 0.25) is 0 Å². The number of hydrogen-bond acceptors (Lipinski definition) is 7. The maximum atomic E-state index is 10.4. The standard InChI is InChI=1S/C22H31N5O3/c1-4-18-25-19-20(27(18)14-22(2,3)28)16-6-5-15(13-17(16)24-21(19)23)30-12-9-26-7-10-29-11-8-26/h5-6,13,28H,4,7-12,14H2,1-3H3,(H2,23,24). The van der Waals surface area contributed by atoms with Gasteiger partial charge in [0.05, 0.1) is 36.4 Å². The van der Waals surface area contributed by atoms with Crippen molar-refractivity contribution in [1.82, 2.24) is 19.4 Å². The third kappa shape index (κ3) is 4.35. The summed E-state index contributed by atoms with van der Waals surface area (Å²) in [7, 11) is 0. The zero-order valence-electron chi connectivity index (χ0n) is 18.0. The molecule has 0 saturated carbocycles.